The van der Waals surface area contributed by atoms with Crippen LogP contribution in [-0.4, -0.2) is 24.5 Å². The minimum Gasteiger partial charge on any atom is -0.343 e. The molecule has 1 amide bonds. The van der Waals surface area contributed by atoms with Crippen LogP contribution in [0.5, 0.6) is 0 Å². The van der Waals surface area contributed by atoms with Crippen molar-refractivity contribution < 1.29 is 17.7 Å². The first-order valence-electron chi connectivity index (χ1n) is 9.77. The predicted molar refractivity (Wildman–Crippen MR) is 119 cm³/mol. The van der Waals surface area contributed by atoms with Crippen molar-refractivity contribution in [1.82, 2.24) is 15.5 Å². The summed E-state index contributed by atoms with van der Waals surface area (Å²) in [6.07, 6.45) is 0. The second-order valence-electron chi connectivity index (χ2n) is 7.03. The van der Waals surface area contributed by atoms with Gasteiger partial charge in [0.1, 0.15) is 0 Å². The first-order valence-corrected chi connectivity index (χ1v) is 11.3. The second kappa shape index (κ2) is 9.03. The number of carbonyl (C=O) groups excluding carboxylic acids is 1. The number of rotatable bonds is 7. The lowest BCUT2D eigenvalue weighted by Gasteiger charge is -2.12. The van der Waals surface area contributed by atoms with E-state index in [1.165, 1.54) is 24.3 Å². The number of aromatic nitrogens is 2. The predicted octanol–water partition coefficient (Wildman–Crippen LogP) is 3.78. The highest BCUT2D eigenvalue weighted by molar-refractivity contribution is 7.92. The quantitative estimate of drug-likeness (QED) is 0.445. The molecule has 0 aliphatic heterocycles. The van der Waals surface area contributed by atoms with Gasteiger partial charge >= 0.3 is 0 Å². The SMILES string of the molecule is Cc1cccc(-c2noc(CNC(=O)c3ccccc3NS(=O)(=O)c3ccccc3)n2)c1. The lowest BCUT2D eigenvalue weighted by molar-refractivity contribution is 0.0947. The summed E-state index contributed by atoms with van der Waals surface area (Å²) in [4.78, 5) is 17.2. The molecule has 0 radical (unpaired) electrons. The van der Waals surface area contributed by atoms with Crippen molar-refractivity contribution in [3.05, 3.63) is 95.9 Å². The van der Waals surface area contributed by atoms with Crippen molar-refractivity contribution >= 4 is 21.6 Å². The zero-order valence-corrected chi connectivity index (χ0v) is 18.0. The molecule has 0 atom stereocenters. The van der Waals surface area contributed by atoms with Crippen LogP contribution >= 0.6 is 0 Å². The molecule has 0 aliphatic rings. The van der Waals surface area contributed by atoms with Crippen LogP contribution in [0.15, 0.2) is 88.3 Å². The number of hydrogen-bond acceptors (Lipinski definition) is 6. The average Bonchev–Trinajstić information content (AvgIpc) is 3.27. The topological polar surface area (TPSA) is 114 Å². The van der Waals surface area contributed by atoms with Gasteiger partial charge in [-0.3, -0.25) is 9.52 Å². The van der Waals surface area contributed by atoms with Crippen LogP contribution in [0.1, 0.15) is 21.8 Å². The molecule has 0 saturated heterocycles. The van der Waals surface area contributed by atoms with Crippen LogP contribution in [0.2, 0.25) is 0 Å². The molecule has 1 heterocycles. The molecule has 2 N–H and O–H groups in total. The largest absolute Gasteiger partial charge is 0.343 e. The lowest BCUT2D eigenvalue weighted by atomic mass is 10.1. The standard InChI is InChI=1S/C23H20N4O4S/c1-16-8-7-9-17(14-16)22-25-21(31-26-22)15-24-23(28)19-12-5-6-13-20(19)27-32(29,30)18-10-3-2-4-11-18/h2-14,27H,15H2,1H3,(H,24,28). The van der Waals surface area contributed by atoms with Gasteiger partial charge in [0.05, 0.1) is 22.7 Å². The third-order valence-corrected chi connectivity index (χ3v) is 6.00. The molecule has 0 bridgehead atoms. The Labute approximate surface area is 185 Å². The third-order valence-electron chi connectivity index (χ3n) is 4.61. The van der Waals surface area contributed by atoms with Crippen LogP contribution in [0.25, 0.3) is 11.4 Å². The Morgan fingerprint density at radius 2 is 1.72 bits per heavy atom. The molecule has 0 fully saturated rings. The Kier molecular flexibility index (Phi) is 6.00. The highest BCUT2D eigenvalue weighted by atomic mass is 32.2. The fraction of sp³-hybridized carbons (Fsp3) is 0.0870. The van der Waals surface area contributed by atoms with Gasteiger partial charge in [0, 0.05) is 5.56 Å². The summed E-state index contributed by atoms with van der Waals surface area (Å²) in [5.74, 6) is 0.179. The fourth-order valence-electron chi connectivity index (χ4n) is 3.05. The second-order valence-corrected chi connectivity index (χ2v) is 8.71. The molecule has 0 unspecified atom stereocenters. The van der Waals surface area contributed by atoms with E-state index in [-0.39, 0.29) is 28.6 Å². The number of amides is 1. The number of nitrogens with zero attached hydrogens (tertiary/aromatic N) is 2. The van der Waals surface area contributed by atoms with Gasteiger partial charge in [0.15, 0.2) is 0 Å². The molecule has 4 aromatic rings. The van der Waals surface area contributed by atoms with Crippen molar-refractivity contribution in [3.8, 4) is 11.4 Å². The highest BCUT2D eigenvalue weighted by Gasteiger charge is 2.19. The van der Waals surface area contributed by atoms with E-state index >= 15 is 0 Å². The Hall–Kier alpha value is -3.98. The van der Waals surface area contributed by atoms with Crippen molar-refractivity contribution in [2.45, 2.75) is 18.4 Å². The lowest BCUT2D eigenvalue weighted by Crippen LogP contribution is -2.25. The van der Waals surface area contributed by atoms with Crippen LogP contribution in [0.4, 0.5) is 5.69 Å². The van der Waals surface area contributed by atoms with Crippen LogP contribution in [0, 0.1) is 6.92 Å². The Morgan fingerprint density at radius 3 is 2.50 bits per heavy atom. The van der Waals surface area contributed by atoms with Crippen molar-refractivity contribution in [2.75, 3.05) is 4.72 Å². The zero-order chi connectivity index (χ0) is 22.6. The summed E-state index contributed by atoms with van der Waals surface area (Å²) >= 11 is 0. The summed E-state index contributed by atoms with van der Waals surface area (Å²) in [6, 6.07) is 22.0. The molecule has 4 rings (SSSR count). The fourth-order valence-corrected chi connectivity index (χ4v) is 4.15. The maximum atomic E-state index is 12.7. The Balaban J connectivity index is 1.47. The van der Waals surface area contributed by atoms with Gasteiger partial charge in [-0.2, -0.15) is 4.98 Å². The van der Waals surface area contributed by atoms with E-state index in [9.17, 15) is 13.2 Å². The van der Waals surface area contributed by atoms with E-state index in [4.69, 9.17) is 4.52 Å². The van der Waals surface area contributed by atoms with Gasteiger partial charge < -0.3 is 9.84 Å². The summed E-state index contributed by atoms with van der Waals surface area (Å²) in [7, 11) is -3.84. The van der Waals surface area contributed by atoms with Gasteiger partial charge in [-0.15, -0.1) is 0 Å². The van der Waals surface area contributed by atoms with Gasteiger partial charge in [-0.05, 0) is 37.3 Å². The molecule has 3 aromatic carbocycles. The van der Waals surface area contributed by atoms with E-state index in [1.54, 1.807) is 30.3 Å². The van der Waals surface area contributed by atoms with E-state index < -0.39 is 15.9 Å². The van der Waals surface area contributed by atoms with Gasteiger partial charge in [0.25, 0.3) is 15.9 Å². The number of aryl methyl sites for hydroxylation is 1. The van der Waals surface area contributed by atoms with Gasteiger partial charge in [0.2, 0.25) is 11.7 Å². The van der Waals surface area contributed by atoms with Crippen LogP contribution in [-0.2, 0) is 16.6 Å². The van der Waals surface area contributed by atoms with Gasteiger partial charge in [-0.1, -0.05) is 59.3 Å². The monoisotopic (exact) mass is 448 g/mol. The number of nitrogens with one attached hydrogen (secondary N) is 2. The molecule has 0 spiro atoms. The summed E-state index contributed by atoms with van der Waals surface area (Å²) in [6.45, 7) is 1.96. The molecular formula is C23H20N4O4S. The molecule has 0 saturated carbocycles. The zero-order valence-electron chi connectivity index (χ0n) is 17.1. The Bertz CT molecular complexity index is 1350. The summed E-state index contributed by atoms with van der Waals surface area (Å²) in [5, 5.41) is 6.64. The van der Waals surface area contributed by atoms with E-state index in [1.807, 2.05) is 31.2 Å². The molecule has 0 aliphatic carbocycles. The molecule has 162 valence electrons. The smallest absolute Gasteiger partial charge is 0.261 e. The molecule has 32 heavy (non-hydrogen) atoms. The maximum Gasteiger partial charge on any atom is 0.261 e. The molecule has 1 aromatic heterocycles. The number of carbonyl (C=O) groups is 1. The van der Waals surface area contributed by atoms with E-state index in [0.29, 0.717) is 5.82 Å². The minimum atomic E-state index is -3.84. The number of sulfonamides is 1. The van der Waals surface area contributed by atoms with Crippen molar-refractivity contribution in [2.24, 2.45) is 0 Å². The third kappa shape index (κ3) is 4.84. The number of benzene rings is 3. The van der Waals surface area contributed by atoms with Gasteiger partial charge in [-0.25, -0.2) is 8.42 Å². The van der Waals surface area contributed by atoms with E-state index in [2.05, 4.69) is 20.2 Å². The first kappa shape index (κ1) is 21.3. The van der Waals surface area contributed by atoms with Crippen molar-refractivity contribution in [3.63, 3.8) is 0 Å². The minimum absolute atomic E-state index is 0.00256. The van der Waals surface area contributed by atoms with E-state index in [0.717, 1.165) is 11.1 Å². The normalized spacial score (nSPS) is 11.2. The highest BCUT2D eigenvalue weighted by Crippen LogP contribution is 2.21. The summed E-state index contributed by atoms with van der Waals surface area (Å²) in [5.41, 5.74) is 2.22. The van der Waals surface area contributed by atoms with Crippen molar-refractivity contribution in [1.29, 1.82) is 0 Å². The molecule has 8 nitrogen and oxygen atoms in total. The maximum absolute atomic E-state index is 12.7. The van der Waals surface area contributed by atoms with Crippen LogP contribution in [0.3, 0.4) is 0 Å². The average molecular weight is 449 g/mol. The number of para-hydroxylation sites is 1. The number of anilines is 1. The Morgan fingerprint density at radius 1 is 0.969 bits per heavy atom. The van der Waals surface area contributed by atoms with Crippen LogP contribution < -0.4 is 10.0 Å². The number of hydrogen-bond donors (Lipinski definition) is 2. The summed E-state index contributed by atoms with van der Waals surface area (Å²) < 4.78 is 33.0. The first-order chi connectivity index (χ1) is 15.4. The molecule has 9 heteroatoms. The molecular weight excluding hydrogens is 428 g/mol.